The van der Waals surface area contributed by atoms with Crippen LogP contribution in [-0.2, 0) is 7.05 Å². The number of aromatic nitrogens is 1. The molecule has 1 heterocycles. The van der Waals surface area contributed by atoms with E-state index in [2.05, 4.69) is 0 Å². The molecule has 0 spiro atoms. The van der Waals surface area contributed by atoms with E-state index in [0.29, 0.717) is 17.1 Å². The molecule has 2 rings (SSSR count). The summed E-state index contributed by atoms with van der Waals surface area (Å²) < 4.78 is 1.70. The van der Waals surface area contributed by atoms with Crippen LogP contribution in [0.4, 0.5) is 5.82 Å². The first-order valence-electron chi connectivity index (χ1n) is 5.12. The quantitative estimate of drug-likeness (QED) is 0.779. The second-order valence-corrected chi connectivity index (χ2v) is 3.90. The molecule has 0 aliphatic heterocycles. The molecule has 0 fully saturated rings. The predicted molar refractivity (Wildman–Crippen MR) is 64.4 cm³/mol. The number of carbonyl (C=O) groups is 1. The van der Waals surface area contributed by atoms with Crippen molar-refractivity contribution in [2.75, 3.05) is 5.73 Å². The highest BCUT2D eigenvalue weighted by molar-refractivity contribution is 6.08. The van der Waals surface area contributed by atoms with Gasteiger partial charge in [-0.05, 0) is 19.1 Å². The van der Waals surface area contributed by atoms with Crippen molar-refractivity contribution >= 4 is 11.6 Å². The second-order valence-electron chi connectivity index (χ2n) is 3.90. The third-order valence-electron chi connectivity index (χ3n) is 2.71. The third kappa shape index (κ3) is 1.72. The average Bonchev–Trinajstić information content (AvgIpc) is 2.60. The second kappa shape index (κ2) is 3.85. The molecule has 0 radical (unpaired) electrons. The molecule has 2 aromatic rings. The predicted octanol–water partition coefficient (Wildman–Crippen LogP) is 2.15. The summed E-state index contributed by atoms with van der Waals surface area (Å²) in [5.41, 5.74) is 8.13. The van der Waals surface area contributed by atoms with Gasteiger partial charge in [0, 0.05) is 12.6 Å². The van der Waals surface area contributed by atoms with Crippen molar-refractivity contribution in [2.24, 2.45) is 7.05 Å². The summed E-state index contributed by atoms with van der Waals surface area (Å²) in [5.74, 6) is 0.592. The largest absolute Gasteiger partial charge is 0.385 e. The maximum atomic E-state index is 12.1. The highest BCUT2D eigenvalue weighted by atomic mass is 16.1. The Labute approximate surface area is 94.5 Å². The summed E-state index contributed by atoms with van der Waals surface area (Å²) in [6.45, 7) is 1.99. The molecule has 82 valence electrons. The van der Waals surface area contributed by atoms with Crippen molar-refractivity contribution < 1.29 is 4.79 Å². The first-order valence-corrected chi connectivity index (χ1v) is 5.12. The van der Waals surface area contributed by atoms with Gasteiger partial charge in [-0.15, -0.1) is 0 Å². The van der Waals surface area contributed by atoms with Crippen LogP contribution in [-0.4, -0.2) is 10.4 Å². The van der Waals surface area contributed by atoms with Crippen molar-refractivity contribution in [1.82, 2.24) is 4.57 Å². The fourth-order valence-electron chi connectivity index (χ4n) is 1.61. The molecule has 0 saturated heterocycles. The zero-order chi connectivity index (χ0) is 11.7. The smallest absolute Gasteiger partial charge is 0.209 e. The van der Waals surface area contributed by atoms with Crippen molar-refractivity contribution in [3.8, 4) is 0 Å². The lowest BCUT2D eigenvalue weighted by Crippen LogP contribution is -2.08. The maximum Gasteiger partial charge on any atom is 0.209 e. The van der Waals surface area contributed by atoms with Gasteiger partial charge in [-0.25, -0.2) is 0 Å². The van der Waals surface area contributed by atoms with Crippen LogP contribution in [0.2, 0.25) is 0 Å². The summed E-state index contributed by atoms with van der Waals surface area (Å²) in [6.07, 6.45) is 0. The van der Waals surface area contributed by atoms with E-state index in [-0.39, 0.29) is 5.78 Å². The van der Waals surface area contributed by atoms with Gasteiger partial charge in [-0.3, -0.25) is 4.79 Å². The molecule has 3 heteroatoms. The average molecular weight is 214 g/mol. The topological polar surface area (TPSA) is 48.0 Å². The van der Waals surface area contributed by atoms with Crippen molar-refractivity contribution in [1.29, 1.82) is 0 Å². The van der Waals surface area contributed by atoms with Gasteiger partial charge in [-0.1, -0.05) is 29.8 Å². The normalized spacial score (nSPS) is 10.4. The van der Waals surface area contributed by atoms with Crippen molar-refractivity contribution in [2.45, 2.75) is 6.92 Å². The van der Waals surface area contributed by atoms with Gasteiger partial charge >= 0.3 is 0 Å². The zero-order valence-electron chi connectivity index (χ0n) is 9.40. The number of nitrogens with two attached hydrogens (primary N) is 1. The van der Waals surface area contributed by atoms with E-state index < -0.39 is 0 Å². The lowest BCUT2D eigenvalue weighted by atomic mass is 10.1. The number of carbonyl (C=O) groups excluding carboxylic acids is 1. The molecule has 0 aliphatic rings. The molecule has 3 nitrogen and oxygen atoms in total. The Morgan fingerprint density at radius 3 is 2.25 bits per heavy atom. The molecule has 1 aromatic carbocycles. The number of rotatable bonds is 2. The standard InChI is InChI=1S/C13H14N2O/c1-9-3-5-10(6-4-9)13(16)11-7-8-12(14)15(11)2/h3-8H,14H2,1-2H3. The van der Waals surface area contributed by atoms with Crippen LogP contribution >= 0.6 is 0 Å². The number of nitrogen functional groups attached to an aromatic ring is 1. The number of hydrogen-bond donors (Lipinski definition) is 1. The van der Waals surface area contributed by atoms with Crippen LogP contribution in [0.3, 0.4) is 0 Å². The summed E-state index contributed by atoms with van der Waals surface area (Å²) in [5, 5.41) is 0. The molecule has 0 amide bonds. The first-order chi connectivity index (χ1) is 7.59. The fraction of sp³-hybridized carbons (Fsp3) is 0.154. The van der Waals surface area contributed by atoms with Crippen molar-refractivity contribution in [3.63, 3.8) is 0 Å². The molecule has 2 N–H and O–H groups in total. The van der Waals surface area contributed by atoms with E-state index in [1.165, 1.54) is 0 Å². The van der Waals surface area contributed by atoms with E-state index in [1.807, 2.05) is 31.2 Å². The molecule has 0 aliphatic carbocycles. The fourth-order valence-corrected chi connectivity index (χ4v) is 1.61. The summed E-state index contributed by atoms with van der Waals surface area (Å²) >= 11 is 0. The van der Waals surface area contributed by atoms with Crippen LogP contribution in [0, 0.1) is 6.92 Å². The molecule has 0 atom stereocenters. The summed E-state index contributed by atoms with van der Waals surface area (Å²) in [7, 11) is 1.79. The van der Waals surface area contributed by atoms with E-state index in [1.54, 1.807) is 23.7 Å². The van der Waals surface area contributed by atoms with Gasteiger partial charge in [0.15, 0.2) is 0 Å². The lowest BCUT2D eigenvalue weighted by molar-refractivity contribution is 0.103. The van der Waals surface area contributed by atoms with Gasteiger partial charge in [0.05, 0.1) is 5.69 Å². The van der Waals surface area contributed by atoms with Gasteiger partial charge < -0.3 is 10.3 Å². The van der Waals surface area contributed by atoms with Gasteiger partial charge in [-0.2, -0.15) is 0 Å². The van der Waals surface area contributed by atoms with Gasteiger partial charge in [0.2, 0.25) is 5.78 Å². The minimum Gasteiger partial charge on any atom is -0.385 e. The minimum absolute atomic E-state index is 0.000741. The highest BCUT2D eigenvalue weighted by Gasteiger charge is 2.12. The molecule has 0 unspecified atom stereocenters. The van der Waals surface area contributed by atoms with Crippen LogP contribution in [0.5, 0.6) is 0 Å². The number of anilines is 1. The van der Waals surface area contributed by atoms with Crippen molar-refractivity contribution in [3.05, 3.63) is 53.2 Å². The van der Waals surface area contributed by atoms with Crippen LogP contribution in [0.15, 0.2) is 36.4 Å². The SMILES string of the molecule is Cc1ccc(C(=O)c2ccc(N)n2C)cc1. The lowest BCUT2D eigenvalue weighted by Gasteiger charge is -2.04. The van der Waals surface area contributed by atoms with E-state index in [4.69, 9.17) is 5.73 Å². The van der Waals surface area contributed by atoms with E-state index in [0.717, 1.165) is 5.56 Å². The number of aryl methyl sites for hydroxylation is 1. The van der Waals surface area contributed by atoms with E-state index >= 15 is 0 Å². The molecule has 16 heavy (non-hydrogen) atoms. The third-order valence-corrected chi connectivity index (χ3v) is 2.71. The summed E-state index contributed by atoms with van der Waals surface area (Å²) in [6, 6.07) is 11.0. The van der Waals surface area contributed by atoms with Crippen LogP contribution < -0.4 is 5.73 Å². The van der Waals surface area contributed by atoms with Crippen LogP contribution in [0.25, 0.3) is 0 Å². The molecular formula is C13H14N2O. The van der Waals surface area contributed by atoms with Gasteiger partial charge in [0.1, 0.15) is 5.82 Å². The Morgan fingerprint density at radius 2 is 1.75 bits per heavy atom. The Hall–Kier alpha value is -2.03. The maximum absolute atomic E-state index is 12.1. The Kier molecular flexibility index (Phi) is 2.52. The molecule has 0 saturated carbocycles. The molecular weight excluding hydrogens is 200 g/mol. The minimum atomic E-state index is -0.000741. The summed E-state index contributed by atoms with van der Waals surface area (Å²) in [4.78, 5) is 12.1. The number of ketones is 1. The number of hydrogen-bond acceptors (Lipinski definition) is 2. The zero-order valence-corrected chi connectivity index (χ0v) is 9.40. The number of nitrogens with zero attached hydrogens (tertiary/aromatic N) is 1. The van der Waals surface area contributed by atoms with E-state index in [9.17, 15) is 4.79 Å². The highest BCUT2D eigenvalue weighted by Crippen LogP contribution is 2.14. The Morgan fingerprint density at radius 1 is 1.12 bits per heavy atom. The van der Waals surface area contributed by atoms with Gasteiger partial charge in [0.25, 0.3) is 0 Å². The molecule has 0 bridgehead atoms. The Balaban J connectivity index is 2.39. The first kappa shape index (κ1) is 10.5. The van der Waals surface area contributed by atoms with Crippen LogP contribution in [0.1, 0.15) is 21.6 Å². The number of benzene rings is 1. The molecule has 1 aromatic heterocycles. The monoisotopic (exact) mass is 214 g/mol. The Bertz CT molecular complexity index is 523.